The average Bonchev–Trinajstić information content (AvgIpc) is 3.00. The van der Waals surface area contributed by atoms with Gasteiger partial charge in [-0.05, 0) is 48.2 Å². The van der Waals surface area contributed by atoms with Crippen LogP contribution in [0.25, 0.3) is 10.4 Å². The zero-order valence-electron chi connectivity index (χ0n) is 20.9. The van der Waals surface area contributed by atoms with Crippen LogP contribution in [0.15, 0.2) is 23.3 Å². The van der Waals surface area contributed by atoms with Gasteiger partial charge in [0.25, 0.3) is 0 Å². The molecule has 2 rings (SSSR count). The number of rotatable bonds is 18. The first kappa shape index (κ1) is 29.3. The molecule has 1 heterocycles. The van der Waals surface area contributed by atoms with Gasteiger partial charge >= 0.3 is 5.97 Å². The van der Waals surface area contributed by atoms with Crippen LogP contribution in [-0.4, -0.2) is 89.8 Å². The van der Waals surface area contributed by atoms with E-state index in [1.807, 2.05) is 18.2 Å². The number of amides is 1. The highest BCUT2D eigenvalue weighted by Gasteiger charge is 2.31. The molecule has 0 aliphatic carbocycles. The third-order valence-electron chi connectivity index (χ3n) is 5.57. The molecule has 0 saturated heterocycles. The van der Waals surface area contributed by atoms with Crippen molar-refractivity contribution in [2.24, 2.45) is 16.8 Å². The molecule has 1 amide bonds. The quantitative estimate of drug-likeness (QED) is 0.104. The lowest BCUT2D eigenvalue weighted by Gasteiger charge is -2.24. The summed E-state index contributed by atoms with van der Waals surface area (Å²) in [7, 11) is 1.32. The van der Waals surface area contributed by atoms with Gasteiger partial charge in [-0.2, -0.15) is 0 Å². The first-order valence-corrected chi connectivity index (χ1v) is 12.1. The van der Waals surface area contributed by atoms with Gasteiger partial charge in [0.05, 0.1) is 65.7 Å². The number of carbonyl (C=O) groups is 2. The number of ether oxygens (including phenoxy) is 5. The number of nitrogens with zero attached hydrogens (tertiary/aromatic N) is 4. The lowest BCUT2D eigenvalue weighted by Crippen LogP contribution is -2.38. The van der Waals surface area contributed by atoms with Gasteiger partial charge in [-0.15, -0.1) is 0 Å². The van der Waals surface area contributed by atoms with Crippen molar-refractivity contribution in [1.29, 1.82) is 0 Å². The van der Waals surface area contributed by atoms with Gasteiger partial charge in [0.1, 0.15) is 5.75 Å². The molecule has 0 fully saturated rings. The Labute approximate surface area is 211 Å². The SMILES string of the molecule is COC(=O)C[C@@H]1Cc2ccc(OCCCN)cc2CN(CCOCCOCCOCCN=[N+]=[N-])C1=O. The van der Waals surface area contributed by atoms with E-state index in [2.05, 4.69) is 10.0 Å². The predicted octanol–water partition coefficient (Wildman–Crippen LogP) is 1.84. The Balaban J connectivity index is 1.85. The van der Waals surface area contributed by atoms with E-state index in [1.165, 1.54) is 7.11 Å². The number of carbonyl (C=O) groups excluding carboxylic acids is 2. The summed E-state index contributed by atoms with van der Waals surface area (Å²) in [6.45, 7) is 4.45. The average molecular weight is 508 g/mol. The molecular weight excluding hydrogens is 470 g/mol. The van der Waals surface area contributed by atoms with Crippen molar-refractivity contribution >= 4 is 11.9 Å². The van der Waals surface area contributed by atoms with E-state index in [0.29, 0.717) is 78.8 Å². The van der Waals surface area contributed by atoms with E-state index in [0.717, 1.165) is 23.3 Å². The summed E-state index contributed by atoms with van der Waals surface area (Å²) >= 11 is 0. The van der Waals surface area contributed by atoms with E-state index in [1.54, 1.807) is 4.90 Å². The van der Waals surface area contributed by atoms with Crippen LogP contribution < -0.4 is 10.5 Å². The first-order chi connectivity index (χ1) is 17.6. The molecule has 12 nitrogen and oxygen atoms in total. The van der Waals surface area contributed by atoms with Crippen molar-refractivity contribution in [2.75, 3.05) is 73.0 Å². The van der Waals surface area contributed by atoms with E-state index >= 15 is 0 Å². The molecule has 200 valence electrons. The van der Waals surface area contributed by atoms with Crippen LogP contribution in [0.3, 0.4) is 0 Å². The van der Waals surface area contributed by atoms with Gasteiger partial charge in [-0.25, -0.2) is 0 Å². The van der Waals surface area contributed by atoms with Crippen molar-refractivity contribution in [2.45, 2.75) is 25.8 Å². The van der Waals surface area contributed by atoms with Crippen LogP contribution in [-0.2, 0) is 41.5 Å². The number of fused-ring (bicyclic) bond motifs is 1. The summed E-state index contributed by atoms with van der Waals surface area (Å²) in [5, 5.41) is 3.38. The van der Waals surface area contributed by atoms with Crippen molar-refractivity contribution in [1.82, 2.24) is 4.90 Å². The third kappa shape index (κ3) is 10.8. The second-order valence-corrected chi connectivity index (χ2v) is 8.15. The van der Waals surface area contributed by atoms with Crippen LogP contribution in [0.5, 0.6) is 5.75 Å². The Morgan fingerprint density at radius 2 is 1.83 bits per heavy atom. The highest BCUT2D eigenvalue weighted by molar-refractivity contribution is 5.84. The topological polar surface area (TPSA) is 158 Å². The van der Waals surface area contributed by atoms with Crippen LogP contribution in [0, 0.1) is 5.92 Å². The van der Waals surface area contributed by atoms with Crippen LogP contribution in [0.4, 0.5) is 0 Å². The Morgan fingerprint density at radius 1 is 1.11 bits per heavy atom. The largest absolute Gasteiger partial charge is 0.494 e. The summed E-state index contributed by atoms with van der Waals surface area (Å²) in [4.78, 5) is 29.6. The Morgan fingerprint density at radius 3 is 2.53 bits per heavy atom. The number of nitrogens with two attached hydrogens (primary N) is 1. The number of azide groups is 1. The fourth-order valence-corrected chi connectivity index (χ4v) is 3.71. The number of hydrogen-bond donors (Lipinski definition) is 1. The fraction of sp³-hybridized carbons (Fsp3) is 0.667. The minimum atomic E-state index is -0.495. The first-order valence-electron chi connectivity index (χ1n) is 12.1. The van der Waals surface area contributed by atoms with Crippen LogP contribution >= 0.6 is 0 Å². The minimum Gasteiger partial charge on any atom is -0.494 e. The molecular formula is C24H37N5O7. The molecule has 1 aromatic carbocycles. The van der Waals surface area contributed by atoms with Crippen molar-refractivity contribution in [3.05, 3.63) is 39.8 Å². The van der Waals surface area contributed by atoms with E-state index in [9.17, 15) is 9.59 Å². The summed E-state index contributed by atoms with van der Waals surface area (Å²) < 4.78 is 26.9. The van der Waals surface area contributed by atoms with Gasteiger partial charge in [0.15, 0.2) is 0 Å². The van der Waals surface area contributed by atoms with E-state index in [-0.39, 0.29) is 12.3 Å². The molecule has 0 saturated carbocycles. The van der Waals surface area contributed by atoms with Crippen molar-refractivity contribution < 1.29 is 33.3 Å². The molecule has 1 aliphatic rings. The molecule has 2 N–H and O–H groups in total. The van der Waals surface area contributed by atoms with Gasteiger partial charge in [-0.1, -0.05) is 11.2 Å². The number of esters is 1. The third-order valence-corrected chi connectivity index (χ3v) is 5.57. The molecule has 12 heteroatoms. The van der Waals surface area contributed by atoms with E-state index in [4.69, 9.17) is 34.9 Å². The standard InChI is InChI=1S/C24H37N5O7/c1-32-23(30)17-20-15-19-3-4-22(36-8-2-5-25)16-21(19)18-29(24(20)31)7-10-34-12-14-35-13-11-33-9-6-27-28-26/h3-4,16,20H,2,5-15,17-18,25H2,1H3/t20-/m0/s1. The normalized spacial score (nSPS) is 15.1. The second-order valence-electron chi connectivity index (χ2n) is 8.15. The highest BCUT2D eigenvalue weighted by atomic mass is 16.5. The van der Waals surface area contributed by atoms with Crippen LogP contribution in [0.1, 0.15) is 24.0 Å². The van der Waals surface area contributed by atoms with Crippen molar-refractivity contribution in [3.8, 4) is 5.75 Å². The Kier molecular flexibility index (Phi) is 14.3. The fourth-order valence-electron chi connectivity index (χ4n) is 3.71. The molecule has 0 spiro atoms. The number of hydrogen-bond acceptors (Lipinski definition) is 9. The molecule has 0 aromatic heterocycles. The summed E-state index contributed by atoms with van der Waals surface area (Å²) in [6.07, 6.45) is 1.25. The molecule has 0 bridgehead atoms. The molecule has 0 radical (unpaired) electrons. The molecule has 36 heavy (non-hydrogen) atoms. The number of benzene rings is 1. The van der Waals surface area contributed by atoms with Gasteiger partial charge in [0, 0.05) is 24.5 Å². The lowest BCUT2D eigenvalue weighted by atomic mass is 9.94. The maximum atomic E-state index is 13.2. The van der Waals surface area contributed by atoms with Gasteiger partial charge in [-0.3, -0.25) is 9.59 Å². The van der Waals surface area contributed by atoms with Crippen molar-refractivity contribution in [3.63, 3.8) is 0 Å². The number of methoxy groups -OCH3 is 1. The smallest absolute Gasteiger partial charge is 0.306 e. The maximum Gasteiger partial charge on any atom is 0.306 e. The second kappa shape index (κ2) is 17.5. The zero-order chi connectivity index (χ0) is 26.0. The summed E-state index contributed by atoms with van der Waals surface area (Å²) in [6, 6.07) is 5.80. The lowest BCUT2D eigenvalue weighted by molar-refractivity contribution is -0.147. The Bertz CT molecular complexity index is 863. The van der Waals surface area contributed by atoms with Gasteiger partial charge in [0.2, 0.25) is 5.91 Å². The summed E-state index contributed by atoms with van der Waals surface area (Å²) in [5.41, 5.74) is 15.7. The van der Waals surface area contributed by atoms with E-state index < -0.39 is 11.9 Å². The molecule has 1 aromatic rings. The highest BCUT2D eigenvalue weighted by Crippen LogP contribution is 2.28. The zero-order valence-corrected chi connectivity index (χ0v) is 20.9. The predicted molar refractivity (Wildman–Crippen MR) is 131 cm³/mol. The summed E-state index contributed by atoms with van der Waals surface area (Å²) in [5.74, 6) is -0.269. The van der Waals surface area contributed by atoms with Crippen LogP contribution in [0.2, 0.25) is 0 Å². The molecule has 1 atom stereocenters. The maximum absolute atomic E-state index is 13.2. The monoisotopic (exact) mass is 507 g/mol. The molecule has 1 aliphatic heterocycles. The van der Waals surface area contributed by atoms with Gasteiger partial charge < -0.3 is 34.3 Å². The minimum absolute atomic E-state index is 0.0274. The molecule has 0 unspecified atom stereocenters. The Hall–Kier alpha value is -2.89.